The van der Waals surface area contributed by atoms with Crippen LogP contribution in [0, 0.1) is 0 Å². The second-order valence-electron chi connectivity index (χ2n) is 9.21. The Morgan fingerprint density at radius 2 is 1.92 bits per heavy atom. The number of fused-ring (bicyclic) bond motifs is 1. The maximum atomic E-state index is 12.8. The van der Waals surface area contributed by atoms with Gasteiger partial charge in [0, 0.05) is 17.4 Å². The minimum atomic E-state index is -1.24. The lowest BCUT2D eigenvalue weighted by molar-refractivity contribution is -0.137. The van der Waals surface area contributed by atoms with Crippen LogP contribution < -0.4 is 15.4 Å². The van der Waals surface area contributed by atoms with Crippen molar-refractivity contribution in [2.24, 2.45) is 0 Å². The van der Waals surface area contributed by atoms with Crippen molar-refractivity contribution < 1.29 is 23.6 Å². The van der Waals surface area contributed by atoms with Crippen LogP contribution >= 0.6 is 11.6 Å². The molecular weight excluding hydrogens is 530 g/mol. The van der Waals surface area contributed by atoms with Crippen molar-refractivity contribution >= 4 is 57.4 Å². The molecule has 0 saturated carbocycles. The van der Waals surface area contributed by atoms with Gasteiger partial charge in [0.2, 0.25) is 5.95 Å². The second-order valence-corrected chi connectivity index (χ2v) is 11.6. The molecule has 1 aliphatic heterocycles. The molecule has 38 heavy (non-hydrogen) atoms. The summed E-state index contributed by atoms with van der Waals surface area (Å²) in [4.78, 5) is 34.6. The van der Waals surface area contributed by atoms with Crippen LogP contribution in [0.1, 0.15) is 43.6 Å². The minimum absolute atomic E-state index is 0.0793. The SMILES string of the molecule is CC(C)Oc1cc2c(cc1Nc1ncc(Cl)c(Nc3ccccc3S(=O)C(C)C)n1)C(=O)N(CC(=O)O)C2. The van der Waals surface area contributed by atoms with Gasteiger partial charge >= 0.3 is 5.97 Å². The standard InChI is InChI=1S/C26H28ClN5O5S/c1-14(2)37-21-9-16-12-32(13-23(33)34)25(35)17(16)10-20(21)30-26-28-11-18(27)24(31-26)29-19-7-5-6-8-22(19)38(36)15(3)4/h5-11,14-15H,12-13H2,1-4H3,(H,33,34)(H2,28,29,30,31). The van der Waals surface area contributed by atoms with E-state index in [-0.39, 0.29) is 34.8 Å². The van der Waals surface area contributed by atoms with E-state index in [4.69, 9.17) is 21.4 Å². The van der Waals surface area contributed by atoms with Gasteiger partial charge in [0.05, 0.1) is 39.4 Å². The highest BCUT2D eigenvalue weighted by atomic mass is 35.5. The highest BCUT2D eigenvalue weighted by Crippen LogP contribution is 2.36. The summed E-state index contributed by atoms with van der Waals surface area (Å²) < 4.78 is 18.8. The van der Waals surface area contributed by atoms with Crippen LogP contribution in [0.4, 0.5) is 23.1 Å². The molecule has 0 saturated heterocycles. The number of halogens is 1. The number of nitrogens with zero attached hydrogens (tertiary/aromatic N) is 3. The number of rotatable bonds is 10. The van der Waals surface area contributed by atoms with E-state index >= 15 is 0 Å². The summed E-state index contributed by atoms with van der Waals surface area (Å²) in [6.45, 7) is 7.29. The van der Waals surface area contributed by atoms with Crippen molar-refractivity contribution in [3.8, 4) is 5.75 Å². The van der Waals surface area contributed by atoms with Gasteiger partial charge in [-0.05, 0) is 43.7 Å². The zero-order valence-electron chi connectivity index (χ0n) is 21.3. The summed E-state index contributed by atoms with van der Waals surface area (Å²) in [6, 6.07) is 10.6. The van der Waals surface area contributed by atoms with Crippen molar-refractivity contribution in [1.29, 1.82) is 0 Å². The van der Waals surface area contributed by atoms with E-state index in [1.165, 1.54) is 11.1 Å². The summed E-state index contributed by atoms with van der Waals surface area (Å²) in [5, 5.41) is 15.6. The third-order valence-electron chi connectivity index (χ3n) is 5.55. The van der Waals surface area contributed by atoms with Gasteiger partial charge in [-0.2, -0.15) is 4.98 Å². The molecule has 1 atom stereocenters. The number of hydrogen-bond acceptors (Lipinski definition) is 8. The molecule has 3 N–H and O–H groups in total. The van der Waals surface area contributed by atoms with Gasteiger partial charge in [-0.25, -0.2) is 4.98 Å². The number of carboxylic acid groups (broad SMARTS) is 1. The fraction of sp³-hybridized carbons (Fsp3) is 0.308. The van der Waals surface area contributed by atoms with Crippen LogP contribution in [0.3, 0.4) is 0 Å². The molecule has 200 valence electrons. The third-order valence-corrected chi connectivity index (χ3v) is 7.47. The lowest BCUT2D eigenvalue weighted by Gasteiger charge is -2.17. The zero-order valence-corrected chi connectivity index (χ0v) is 22.9. The predicted molar refractivity (Wildman–Crippen MR) is 146 cm³/mol. The molecule has 1 aromatic heterocycles. The second kappa shape index (κ2) is 11.4. The smallest absolute Gasteiger partial charge is 0.323 e. The Labute approximate surface area is 227 Å². The van der Waals surface area contributed by atoms with E-state index in [0.29, 0.717) is 39.0 Å². The molecule has 0 radical (unpaired) electrons. The summed E-state index contributed by atoms with van der Waals surface area (Å²) >= 11 is 6.38. The lowest BCUT2D eigenvalue weighted by atomic mass is 10.1. The number of para-hydroxylation sites is 1. The van der Waals surface area contributed by atoms with Gasteiger partial charge in [0.25, 0.3) is 5.91 Å². The molecule has 0 fully saturated rings. The topological polar surface area (TPSA) is 134 Å². The number of anilines is 4. The average Bonchev–Trinajstić information content (AvgIpc) is 3.14. The molecule has 1 unspecified atom stereocenters. The highest BCUT2D eigenvalue weighted by molar-refractivity contribution is 7.85. The van der Waals surface area contributed by atoms with Crippen LogP contribution in [-0.4, -0.2) is 54.0 Å². The molecule has 0 aliphatic carbocycles. The molecule has 12 heteroatoms. The lowest BCUT2D eigenvalue weighted by Crippen LogP contribution is -2.29. The molecule has 10 nitrogen and oxygen atoms in total. The van der Waals surface area contributed by atoms with Crippen LogP contribution in [0.25, 0.3) is 0 Å². The predicted octanol–water partition coefficient (Wildman–Crippen LogP) is 4.96. The summed E-state index contributed by atoms with van der Waals surface area (Å²) in [5.41, 5.74) is 2.10. The van der Waals surface area contributed by atoms with Crippen LogP contribution in [-0.2, 0) is 22.1 Å². The van der Waals surface area contributed by atoms with E-state index in [0.717, 1.165) is 0 Å². The number of amides is 1. The van der Waals surface area contributed by atoms with Crippen molar-refractivity contribution in [3.05, 3.63) is 58.7 Å². The number of hydrogen-bond donors (Lipinski definition) is 3. The van der Waals surface area contributed by atoms with Crippen molar-refractivity contribution in [2.45, 2.75) is 50.5 Å². The van der Waals surface area contributed by atoms with E-state index in [1.54, 1.807) is 24.3 Å². The van der Waals surface area contributed by atoms with Crippen molar-refractivity contribution in [1.82, 2.24) is 14.9 Å². The number of aromatic nitrogens is 2. The Morgan fingerprint density at radius 3 is 2.61 bits per heavy atom. The van der Waals surface area contributed by atoms with Gasteiger partial charge in [-0.3, -0.25) is 13.8 Å². The normalized spacial score (nSPS) is 13.6. The number of aliphatic carboxylic acids is 1. The van der Waals surface area contributed by atoms with Gasteiger partial charge in [-0.15, -0.1) is 0 Å². The Bertz CT molecular complexity index is 1410. The Kier molecular flexibility index (Phi) is 8.17. The average molecular weight is 558 g/mol. The molecule has 3 aromatic rings. The quantitative estimate of drug-likeness (QED) is 0.316. The number of ether oxygens (including phenoxy) is 1. The molecule has 0 spiro atoms. The van der Waals surface area contributed by atoms with Gasteiger partial charge in [-0.1, -0.05) is 37.6 Å². The summed E-state index contributed by atoms with van der Waals surface area (Å²) in [6.07, 6.45) is 1.26. The summed E-state index contributed by atoms with van der Waals surface area (Å²) in [5.74, 6) is -0.518. The Balaban J connectivity index is 1.66. The van der Waals surface area contributed by atoms with Crippen molar-refractivity contribution in [3.63, 3.8) is 0 Å². The van der Waals surface area contributed by atoms with Crippen LogP contribution in [0.5, 0.6) is 5.75 Å². The number of benzene rings is 2. The van der Waals surface area contributed by atoms with Crippen molar-refractivity contribution in [2.75, 3.05) is 17.2 Å². The first-order valence-electron chi connectivity index (χ1n) is 11.9. The van der Waals surface area contributed by atoms with E-state index in [9.17, 15) is 13.8 Å². The van der Waals surface area contributed by atoms with Gasteiger partial charge in [0.15, 0.2) is 5.82 Å². The van der Waals surface area contributed by atoms with E-state index in [1.807, 2.05) is 39.8 Å². The van der Waals surface area contributed by atoms with Crippen LogP contribution in [0.15, 0.2) is 47.5 Å². The first-order chi connectivity index (χ1) is 18.0. The maximum Gasteiger partial charge on any atom is 0.323 e. The fourth-order valence-corrected chi connectivity index (χ4v) is 5.10. The third kappa shape index (κ3) is 6.05. The highest BCUT2D eigenvalue weighted by Gasteiger charge is 2.30. The molecule has 0 bridgehead atoms. The molecule has 4 rings (SSSR count). The maximum absolute atomic E-state index is 12.8. The summed E-state index contributed by atoms with van der Waals surface area (Å²) in [7, 11) is -1.24. The minimum Gasteiger partial charge on any atom is -0.489 e. The monoisotopic (exact) mass is 557 g/mol. The number of carbonyl (C=O) groups is 2. The van der Waals surface area contributed by atoms with Crippen LogP contribution in [0.2, 0.25) is 5.02 Å². The Hall–Kier alpha value is -3.70. The number of carboxylic acids is 1. The molecule has 2 heterocycles. The van der Waals surface area contributed by atoms with E-state index < -0.39 is 23.3 Å². The van der Waals surface area contributed by atoms with Gasteiger partial charge < -0.3 is 25.4 Å². The molecule has 1 amide bonds. The number of nitrogens with one attached hydrogen (secondary N) is 2. The molecule has 2 aromatic carbocycles. The molecule has 1 aliphatic rings. The van der Waals surface area contributed by atoms with Gasteiger partial charge in [0.1, 0.15) is 17.3 Å². The molecular formula is C26H28ClN5O5S. The largest absolute Gasteiger partial charge is 0.489 e. The first-order valence-corrected chi connectivity index (χ1v) is 13.5. The number of carbonyl (C=O) groups excluding carboxylic acids is 1. The van der Waals surface area contributed by atoms with E-state index in [2.05, 4.69) is 20.6 Å². The zero-order chi connectivity index (χ0) is 27.6. The Morgan fingerprint density at radius 1 is 1.18 bits per heavy atom. The fourth-order valence-electron chi connectivity index (χ4n) is 3.90. The first kappa shape index (κ1) is 27.3.